The van der Waals surface area contributed by atoms with Crippen molar-refractivity contribution in [2.24, 2.45) is 0 Å². The topological polar surface area (TPSA) is 55.2 Å². The van der Waals surface area contributed by atoms with Gasteiger partial charge in [-0.1, -0.05) is 23.7 Å². The Hall–Kier alpha value is -2.14. The number of hydrogen-bond acceptors (Lipinski definition) is 3. The Kier molecular flexibility index (Phi) is 4.53. The van der Waals surface area contributed by atoms with Gasteiger partial charge in [0.2, 0.25) is 0 Å². The molecule has 0 fully saturated rings. The monoisotopic (exact) mass is 294 g/mol. The molecule has 0 heterocycles. The first-order valence-electron chi connectivity index (χ1n) is 5.98. The lowest BCUT2D eigenvalue weighted by molar-refractivity contribution is -0.384. The molecule has 0 saturated carbocycles. The third-order valence-electron chi connectivity index (χ3n) is 2.81. The van der Waals surface area contributed by atoms with Crippen molar-refractivity contribution in [2.45, 2.75) is 6.42 Å². The minimum atomic E-state index is -0.439. The van der Waals surface area contributed by atoms with Crippen LogP contribution in [0.2, 0.25) is 5.02 Å². The first kappa shape index (κ1) is 14.3. The largest absolute Gasteiger partial charge is 0.382 e. The van der Waals surface area contributed by atoms with Crippen LogP contribution in [0.15, 0.2) is 42.5 Å². The fourth-order valence-corrected chi connectivity index (χ4v) is 1.92. The van der Waals surface area contributed by atoms with E-state index in [0.717, 1.165) is 5.56 Å². The molecule has 0 aromatic heterocycles. The molecule has 0 aliphatic rings. The summed E-state index contributed by atoms with van der Waals surface area (Å²) >= 11 is 5.66. The molecule has 0 bridgehead atoms. The van der Waals surface area contributed by atoms with Crippen LogP contribution in [0.1, 0.15) is 5.56 Å². The number of halogens is 2. The maximum Gasteiger partial charge on any atom is 0.269 e. The summed E-state index contributed by atoms with van der Waals surface area (Å²) in [5.74, 6) is -0.402. The zero-order valence-electron chi connectivity index (χ0n) is 10.5. The lowest BCUT2D eigenvalue weighted by atomic mass is 10.1. The molecule has 0 saturated heterocycles. The molecule has 0 radical (unpaired) electrons. The maximum absolute atomic E-state index is 13.5. The van der Waals surface area contributed by atoms with Gasteiger partial charge in [-0.25, -0.2) is 4.39 Å². The Morgan fingerprint density at radius 2 is 1.90 bits per heavy atom. The molecule has 0 amide bonds. The average Bonchev–Trinajstić information content (AvgIpc) is 2.42. The van der Waals surface area contributed by atoms with Gasteiger partial charge in [-0.15, -0.1) is 0 Å². The lowest BCUT2D eigenvalue weighted by Gasteiger charge is -2.07. The zero-order chi connectivity index (χ0) is 14.5. The second-order valence-corrected chi connectivity index (χ2v) is 4.66. The summed E-state index contributed by atoms with van der Waals surface area (Å²) in [6.07, 6.45) is 0.639. The van der Waals surface area contributed by atoms with E-state index in [1.807, 2.05) is 0 Å². The van der Waals surface area contributed by atoms with Crippen molar-refractivity contribution in [1.82, 2.24) is 0 Å². The van der Waals surface area contributed by atoms with Gasteiger partial charge in [0.05, 0.1) is 10.6 Å². The van der Waals surface area contributed by atoms with Crippen molar-refractivity contribution in [3.63, 3.8) is 0 Å². The standard InChI is InChI=1S/C14H12ClFN2O2/c15-11-3-6-14(13(16)9-11)17-8-7-10-1-4-12(5-2-10)18(19)20/h1-6,9,17H,7-8H2. The van der Waals surface area contributed by atoms with Crippen LogP contribution in [0, 0.1) is 15.9 Å². The minimum Gasteiger partial charge on any atom is -0.382 e. The first-order valence-corrected chi connectivity index (χ1v) is 6.36. The first-order chi connectivity index (χ1) is 9.56. The number of anilines is 1. The zero-order valence-corrected chi connectivity index (χ0v) is 11.2. The Balaban J connectivity index is 1.91. The van der Waals surface area contributed by atoms with Gasteiger partial charge in [-0.2, -0.15) is 0 Å². The summed E-state index contributed by atoms with van der Waals surface area (Å²) in [7, 11) is 0. The molecule has 0 aliphatic carbocycles. The van der Waals surface area contributed by atoms with Crippen molar-refractivity contribution in [1.29, 1.82) is 0 Å². The Labute approximate surface area is 120 Å². The summed E-state index contributed by atoms with van der Waals surface area (Å²) < 4.78 is 13.5. The summed E-state index contributed by atoms with van der Waals surface area (Å²) in [6.45, 7) is 0.524. The molecule has 0 spiro atoms. The fraction of sp³-hybridized carbons (Fsp3) is 0.143. The third-order valence-corrected chi connectivity index (χ3v) is 3.04. The van der Waals surface area contributed by atoms with Crippen molar-refractivity contribution < 1.29 is 9.31 Å². The normalized spacial score (nSPS) is 10.3. The van der Waals surface area contributed by atoms with E-state index in [2.05, 4.69) is 5.32 Å². The van der Waals surface area contributed by atoms with E-state index in [-0.39, 0.29) is 5.69 Å². The molecule has 0 unspecified atom stereocenters. The van der Waals surface area contributed by atoms with Gasteiger partial charge in [-0.3, -0.25) is 10.1 Å². The highest BCUT2D eigenvalue weighted by molar-refractivity contribution is 6.30. The molecule has 0 aliphatic heterocycles. The predicted octanol–water partition coefficient (Wildman–Crippen LogP) is 4.04. The highest BCUT2D eigenvalue weighted by atomic mass is 35.5. The van der Waals surface area contributed by atoms with E-state index in [4.69, 9.17) is 11.6 Å². The van der Waals surface area contributed by atoms with Gasteiger partial charge in [0.1, 0.15) is 5.82 Å². The van der Waals surface area contributed by atoms with Crippen LogP contribution in [0.3, 0.4) is 0 Å². The highest BCUT2D eigenvalue weighted by Crippen LogP contribution is 2.19. The molecule has 1 N–H and O–H groups in total. The summed E-state index contributed by atoms with van der Waals surface area (Å²) in [4.78, 5) is 10.1. The van der Waals surface area contributed by atoms with Crippen LogP contribution < -0.4 is 5.32 Å². The fourth-order valence-electron chi connectivity index (χ4n) is 1.76. The Morgan fingerprint density at radius 3 is 2.50 bits per heavy atom. The van der Waals surface area contributed by atoms with E-state index < -0.39 is 10.7 Å². The van der Waals surface area contributed by atoms with E-state index >= 15 is 0 Å². The smallest absolute Gasteiger partial charge is 0.269 e. The molecule has 104 valence electrons. The van der Waals surface area contributed by atoms with Gasteiger partial charge >= 0.3 is 0 Å². The number of benzene rings is 2. The summed E-state index contributed by atoms with van der Waals surface area (Å²) in [5, 5.41) is 13.8. The molecule has 20 heavy (non-hydrogen) atoms. The lowest BCUT2D eigenvalue weighted by Crippen LogP contribution is -2.06. The number of nitrogens with zero attached hydrogens (tertiary/aromatic N) is 1. The van der Waals surface area contributed by atoms with E-state index in [1.165, 1.54) is 18.2 Å². The van der Waals surface area contributed by atoms with Crippen LogP contribution in [-0.4, -0.2) is 11.5 Å². The minimum absolute atomic E-state index is 0.0606. The van der Waals surface area contributed by atoms with Gasteiger partial charge in [0, 0.05) is 23.7 Å². The van der Waals surface area contributed by atoms with Crippen LogP contribution in [0.4, 0.5) is 15.8 Å². The van der Waals surface area contributed by atoms with Crippen LogP contribution in [-0.2, 0) is 6.42 Å². The number of hydrogen-bond donors (Lipinski definition) is 1. The Bertz CT molecular complexity index is 617. The van der Waals surface area contributed by atoms with Crippen LogP contribution >= 0.6 is 11.6 Å². The van der Waals surface area contributed by atoms with Crippen molar-refractivity contribution in [2.75, 3.05) is 11.9 Å². The highest BCUT2D eigenvalue weighted by Gasteiger charge is 2.05. The number of non-ortho nitro benzene ring substituents is 1. The predicted molar refractivity (Wildman–Crippen MR) is 76.7 cm³/mol. The van der Waals surface area contributed by atoms with Gasteiger partial charge in [0.15, 0.2) is 0 Å². The van der Waals surface area contributed by atoms with E-state index in [0.29, 0.717) is 23.7 Å². The van der Waals surface area contributed by atoms with E-state index in [9.17, 15) is 14.5 Å². The molecule has 6 heteroatoms. The van der Waals surface area contributed by atoms with Crippen LogP contribution in [0.25, 0.3) is 0 Å². The average molecular weight is 295 g/mol. The number of nitro groups is 1. The molecule has 2 aromatic carbocycles. The van der Waals surface area contributed by atoms with Crippen molar-refractivity contribution in [3.8, 4) is 0 Å². The van der Waals surface area contributed by atoms with Gasteiger partial charge in [0.25, 0.3) is 5.69 Å². The Morgan fingerprint density at radius 1 is 1.20 bits per heavy atom. The summed E-state index contributed by atoms with van der Waals surface area (Å²) in [6, 6.07) is 10.7. The second-order valence-electron chi connectivity index (χ2n) is 4.22. The SMILES string of the molecule is O=[N+]([O-])c1ccc(CCNc2ccc(Cl)cc2F)cc1. The third kappa shape index (κ3) is 3.68. The number of nitro benzene ring substituents is 1. The van der Waals surface area contributed by atoms with Gasteiger partial charge in [-0.05, 0) is 30.2 Å². The molecular weight excluding hydrogens is 283 g/mol. The van der Waals surface area contributed by atoms with Crippen molar-refractivity contribution >= 4 is 23.0 Å². The molecule has 2 rings (SSSR count). The number of rotatable bonds is 5. The maximum atomic E-state index is 13.5. The van der Waals surface area contributed by atoms with Gasteiger partial charge < -0.3 is 5.32 Å². The quantitative estimate of drug-likeness (QED) is 0.669. The molecular formula is C14H12ClFN2O2. The van der Waals surface area contributed by atoms with E-state index in [1.54, 1.807) is 24.3 Å². The molecule has 2 aromatic rings. The van der Waals surface area contributed by atoms with Crippen LogP contribution in [0.5, 0.6) is 0 Å². The summed E-state index contributed by atoms with van der Waals surface area (Å²) in [5.41, 5.74) is 1.39. The molecule has 4 nitrogen and oxygen atoms in total. The number of nitrogens with one attached hydrogen (secondary N) is 1. The second kappa shape index (κ2) is 6.34. The molecule has 0 atom stereocenters. The van der Waals surface area contributed by atoms with Crippen molar-refractivity contribution in [3.05, 3.63) is 69.0 Å².